The summed E-state index contributed by atoms with van der Waals surface area (Å²) in [7, 11) is 1.63. The molecule has 0 fully saturated rings. The first-order valence-electron chi connectivity index (χ1n) is 4.71. The molecule has 1 heterocycles. The molecule has 0 radical (unpaired) electrons. The third-order valence-corrected chi connectivity index (χ3v) is 2.23. The van der Waals surface area contributed by atoms with Crippen molar-refractivity contribution in [1.82, 2.24) is 0 Å². The number of nitrogen functional groups attached to an aromatic ring is 1. The van der Waals surface area contributed by atoms with Crippen LogP contribution in [-0.2, 0) is 0 Å². The molecular weight excluding hydrogens is 190 g/mol. The van der Waals surface area contributed by atoms with Gasteiger partial charge in [-0.05, 0) is 37.3 Å². The van der Waals surface area contributed by atoms with Crippen LogP contribution in [0.2, 0.25) is 0 Å². The Kier molecular flexibility index (Phi) is 2.37. The fourth-order valence-corrected chi connectivity index (χ4v) is 1.50. The van der Waals surface area contributed by atoms with Crippen LogP contribution in [0.15, 0.2) is 34.7 Å². The third kappa shape index (κ3) is 1.81. The zero-order valence-electron chi connectivity index (χ0n) is 8.78. The molecule has 0 bridgehead atoms. The summed E-state index contributed by atoms with van der Waals surface area (Å²) in [6, 6.07) is 9.31. The van der Waals surface area contributed by atoms with Gasteiger partial charge in [-0.1, -0.05) is 0 Å². The van der Waals surface area contributed by atoms with Crippen molar-refractivity contribution in [3.8, 4) is 17.1 Å². The molecule has 0 aliphatic rings. The minimum Gasteiger partial charge on any atom is -0.496 e. The normalized spacial score (nSPS) is 10.3. The average Bonchev–Trinajstić information content (AvgIpc) is 2.65. The Bertz CT molecular complexity index is 474. The highest BCUT2D eigenvalue weighted by atomic mass is 16.5. The highest BCUT2D eigenvalue weighted by Crippen LogP contribution is 2.32. The van der Waals surface area contributed by atoms with Crippen molar-refractivity contribution in [3.63, 3.8) is 0 Å². The molecule has 0 aliphatic heterocycles. The second-order valence-electron chi connectivity index (χ2n) is 3.37. The Balaban J connectivity index is 2.55. The lowest BCUT2D eigenvalue weighted by molar-refractivity contribution is 0.414. The summed E-state index contributed by atoms with van der Waals surface area (Å²) in [5.74, 6) is 2.41. The first kappa shape index (κ1) is 9.65. The van der Waals surface area contributed by atoms with Crippen LogP contribution in [0.1, 0.15) is 5.76 Å². The van der Waals surface area contributed by atoms with Gasteiger partial charge in [-0.25, -0.2) is 0 Å². The molecule has 78 valence electrons. The number of aryl methyl sites for hydroxylation is 1. The molecule has 0 saturated carbocycles. The second-order valence-corrected chi connectivity index (χ2v) is 3.37. The van der Waals surface area contributed by atoms with Gasteiger partial charge in [0.25, 0.3) is 0 Å². The maximum Gasteiger partial charge on any atom is 0.138 e. The van der Waals surface area contributed by atoms with Crippen molar-refractivity contribution >= 4 is 5.69 Å². The summed E-state index contributed by atoms with van der Waals surface area (Å²) in [4.78, 5) is 0. The maximum absolute atomic E-state index is 5.73. The van der Waals surface area contributed by atoms with Gasteiger partial charge in [0.2, 0.25) is 0 Å². The van der Waals surface area contributed by atoms with Crippen LogP contribution < -0.4 is 10.5 Å². The standard InChI is InChI=1S/C12H13NO2/c1-8-3-5-12(15-8)10-7-9(13)4-6-11(10)14-2/h3-7H,13H2,1-2H3. The fraction of sp³-hybridized carbons (Fsp3) is 0.167. The van der Waals surface area contributed by atoms with Gasteiger partial charge in [0.05, 0.1) is 12.7 Å². The largest absolute Gasteiger partial charge is 0.496 e. The molecule has 15 heavy (non-hydrogen) atoms. The van der Waals surface area contributed by atoms with Gasteiger partial charge in [0.1, 0.15) is 17.3 Å². The Labute approximate surface area is 88.5 Å². The van der Waals surface area contributed by atoms with E-state index in [2.05, 4.69) is 0 Å². The van der Waals surface area contributed by atoms with E-state index in [0.717, 1.165) is 22.8 Å². The van der Waals surface area contributed by atoms with Crippen molar-refractivity contribution in [2.45, 2.75) is 6.92 Å². The average molecular weight is 203 g/mol. The molecular formula is C12H13NO2. The number of benzene rings is 1. The molecule has 1 aromatic carbocycles. The lowest BCUT2D eigenvalue weighted by atomic mass is 10.1. The smallest absolute Gasteiger partial charge is 0.138 e. The molecule has 0 unspecified atom stereocenters. The number of hydrogen-bond donors (Lipinski definition) is 1. The van der Waals surface area contributed by atoms with Crippen molar-refractivity contribution in [1.29, 1.82) is 0 Å². The first-order chi connectivity index (χ1) is 7.20. The van der Waals surface area contributed by atoms with Gasteiger partial charge in [0.15, 0.2) is 0 Å². The molecule has 0 spiro atoms. The summed E-state index contributed by atoms with van der Waals surface area (Å²) >= 11 is 0. The van der Waals surface area contributed by atoms with Gasteiger partial charge in [-0.2, -0.15) is 0 Å². The molecule has 2 rings (SSSR count). The monoisotopic (exact) mass is 203 g/mol. The minimum absolute atomic E-state index is 0.694. The molecule has 3 heteroatoms. The van der Waals surface area contributed by atoms with Crippen molar-refractivity contribution in [2.75, 3.05) is 12.8 Å². The summed E-state index contributed by atoms with van der Waals surface area (Å²) in [5, 5.41) is 0. The Morgan fingerprint density at radius 2 is 2.00 bits per heavy atom. The van der Waals surface area contributed by atoms with Gasteiger partial charge < -0.3 is 14.9 Å². The molecule has 0 amide bonds. The van der Waals surface area contributed by atoms with Crippen LogP contribution in [0.5, 0.6) is 5.75 Å². The van der Waals surface area contributed by atoms with Crippen LogP contribution in [0, 0.1) is 6.92 Å². The summed E-state index contributed by atoms with van der Waals surface area (Å²) in [6.45, 7) is 1.91. The first-order valence-corrected chi connectivity index (χ1v) is 4.71. The van der Waals surface area contributed by atoms with E-state index in [1.807, 2.05) is 31.2 Å². The van der Waals surface area contributed by atoms with Crippen LogP contribution in [0.4, 0.5) is 5.69 Å². The zero-order valence-corrected chi connectivity index (χ0v) is 8.78. The van der Waals surface area contributed by atoms with E-state index < -0.39 is 0 Å². The summed E-state index contributed by atoms with van der Waals surface area (Å²) in [5.41, 5.74) is 7.30. The number of hydrogen-bond acceptors (Lipinski definition) is 3. The topological polar surface area (TPSA) is 48.4 Å². The molecule has 0 saturated heterocycles. The molecule has 2 aromatic rings. The minimum atomic E-state index is 0.694. The highest BCUT2D eigenvalue weighted by Gasteiger charge is 2.09. The van der Waals surface area contributed by atoms with E-state index in [1.54, 1.807) is 13.2 Å². The van der Waals surface area contributed by atoms with Gasteiger partial charge >= 0.3 is 0 Å². The number of nitrogens with two attached hydrogens (primary N) is 1. The Morgan fingerprint density at radius 1 is 1.20 bits per heavy atom. The number of methoxy groups -OCH3 is 1. The van der Waals surface area contributed by atoms with Crippen molar-refractivity contribution < 1.29 is 9.15 Å². The van der Waals surface area contributed by atoms with Crippen LogP contribution in [-0.4, -0.2) is 7.11 Å². The molecule has 2 N–H and O–H groups in total. The van der Waals surface area contributed by atoms with E-state index in [9.17, 15) is 0 Å². The Hall–Kier alpha value is -1.90. The van der Waals surface area contributed by atoms with Gasteiger partial charge in [-0.15, -0.1) is 0 Å². The van der Waals surface area contributed by atoms with Crippen molar-refractivity contribution in [3.05, 3.63) is 36.1 Å². The van der Waals surface area contributed by atoms with E-state index in [1.165, 1.54) is 0 Å². The van der Waals surface area contributed by atoms with Gasteiger partial charge in [0, 0.05) is 5.69 Å². The van der Waals surface area contributed by atoms with E-state index >= 15 is 0 Å². The lowest BCUT2D eigenvalue weighted by Crippen LogP contribution is -1.90. The SMILES string of the molecule is COc1ccc(N)cc1-c1ccc(C)o1. The molecule has 1 aromatic heterocycles. The zero-order chi connectivity index (χ0) is 10.8. The molecule has 0 aliphatic carbocycles. The van der Waals surface area contributed by atoms with E-state index in [-0.39, 0.29) is 0 Å². The number of ether oxygens (including phenoxy) is 1. The Morgan fingerprint density at radius 3 is 2.60 bits per heavy atom. The maximum atomic E-state index is 5.73. The molecule has 3 nitrogen and oxygen atoms in total. The quantitative estimate of drug-likeness (QED) is 0.763. The van der Waals surface area contributed by atoms with Crippen LogP contribution >= 0.6 is 0 Å². The predicted molar refractivity (Wildman–Crippen MR) is 59.8 cm³/mol. The number of rotatable bonds is 2. The van der Waals surface area contributed by atoms with E-state index in [0.29, 0.717) is 5.69 Å². The van der Waals surface area contributed by atoms with E-state index in [4.69, 9.17) is 14.9 Å². The number of furan rings is 1. The van der Waals surface area contributed by atoms with Crippen molar-refractivity contribution in [2.24, 2.45) is 0 Å². The van der Waals surface area contributed by atoms with Crippen LogP contribution in [0.3, 0.4) is 0 Å². The second kappa shape index (κ2) is 3.69. The summed E-state index contributed by atoms with van der Waals surface area (Å²) in [6.07, 6.45) is 0. The lowest BCUT2D eigenvalue weighted by Gasteiger charge is -2.06. The molecule has 0 atom stereocenters. The summed E-state index contributed by atoms with van der Waals surface area (Å²) < 4.78 is 10.8. The van der Waals surface area contributed by atoms with Crippen LogP contribution in [0.25, 0.3) is 11.3 Å². The third-order valence-electron chi connectivity index (χ3n) is 2.23. The van der Waals surface area contributed by atoms with Gasteiger partial charge in [-0.3, -0.25) is 0 Å². The fourth-order valence-electron chi connectivity index (χ4n) is 1.50. The predicted octanol–water partition coefficient (Wildman–Crippen LogP) is 2.85. The highest BCUT2D eigenvalue weighted by molar-refractivity contribution is 5.70. The number of anilines is 1.